The van der Waals surface area contributed by atoms with Crippen LogP contribution in [-0.2, 0) is 11.3 Å². The van der Waals surface area contributed by atoms with Crippen LogP contribution in [0.15, 0.2) is 60.7 Å². The van der Waals surface area contributed by atoms with Crippen molar-refractivity contribution in [3.05, 3.63) is 71.8 Å². The molecule has 1 aliphatic rings. The number of hydrogen-bond donors (Lipinski definition) is 1. The zero-order valence-electron chi connectivity index (χ0n) is 12.5. The lowest BCUT2D eigenvalue weighted by Crippen LogP contribution is -2.44. The summed E-state index contributed by atoms with van der Waals surface area (Å²) in [4.78, 5) is -0.346. The zero-order valence-corrected chi connectivity index (χ0v) is 18.3. The Morgan fingerprint density at radius 3 is 2.25 bits per heavy atom. The van der Waals surface area contributed by atoms with Gasteiger partial charge in [-0.15, -0.1) is 0 Å². The molecule has 2 aromatic carbocycles. The van der Waals surface area contributed by atoms with E-state index in [1.54, 1.807) is 50.1 Å². The average molecular weight is 446 g/mol. The largest absolute Gasteiger partial charge is 0.293 e. The Morgan fingerprint density at radius 2 is 1.50 bits per heavy atom. The Labute approximate surface area is 171 Å². The SMILES string of the molecule is S=C1SSSSSSC1(NCCc1ccccc1)c1ccccc1. The molecule has 0 aliphatic carbocycles. The monoisotopic (exact) mass is 445 g/mol. The first kappa shape index (κ1) is 19.4. The molecule has 1 atom stereocenters. The maximum atomic E-state index is 5.82. The minimum Gasteiger partial charge on any atom is -0.293 e. The Kier molecular flexibility index (Phi) is 8.11. The van der Waals surface area contributed by atoms with E-state index in [1.165, 1.54) is 11.1 Å². The second-order valence-electron chi connectivity index (χ2n) is 4.94. The summed E-state index contributed by atoms with van der Waals surface area (Å²) >= 11 is 5.82. The van der Waals surface area contributed by atoms with Gasteiger partial charge in [0.2, 0.25) is 0 Å². The highest BCUT2D eigenvalue weighted by molar-refractivity contribution is 9.43. The number of benzene rings is 2. The molecule has 1 heterocycles. The van der Waals surface area contributed by atoms with E-state index in [9.17, 15) is 0 Å². The van der Waals surface area contributed by atoms with Gasteiger partial charge in [-0.05, 0) is 78.4 Å². The molecule has 2 aromatic rings. The second kappa shape index (κ2) is 10.1. The molecule has 1 fully saturated rings. The molecule has 126 valence electrons. The molecule has 3 rings (SSSR count). The van der Waals surface area contributed by atoms with Gasteiger partial charge in [0.15, 0.2) is 0 Å². The fourth-order valence-electron chi connectivity index (χ4n) is 2.30. The summed E-state index contributed by atoms with van der Waals surface area (Å²) in [6.45, 7) is 0.885. The molecule has 0 bridgehead atoms. The number of thiocarbonyl (C=S) groups is 1. The van der Waals surface area contributed by atoms with E-state index in [0.717, 1.165) is 17.2 Å². The number of rotatable bonds is 5. The van der Waals surface area contributed by atoms with E-state index in [4.69, 9.17) is 12.2 Å². The Bertz CT molecular complexity index is 652. The molecule has 8 heteroatoms. The minimum absolute atomic E-state index is 0.346. The van der Waals surface area contributed by atoms with E-state index < -0.39 is 0 Å². The third kappa shape index (κ3) is 5.07. The van der Waals surface area contributed by atoms with Crippen LogP contribution in [0.1, 0.15) is 11.1 Å². The minimum atomic E-state index is -0.346. The van der Waals surface area contributed by atoms with Gasteiger partial charge < -0.3 is 0 Å². The summed E-state index contributed by atoms with van der Waals surface area (Å²) in [5.74, 6) is 0. The quantitative estimate of drug-likeness (QED) is 0.385. The summed E-state index contributed by atoms with van der Waals surface area (Å²) in [5.41, 5.74) is 2.57. The molecule has 0 radical (unpaired) electrons. The molecule has 1 N–H and O–H groups in total. The molecule has 0 aromatic heterocycles. The number of hydrogen-bond acceptors (Lipinski definition) is 8. The highest BCUT2D eigenvalue weighted by atomic mass is 33.9. The molecule has 24 heavy (non-hydrogen) atoms. The normalized spacial score (nSPS) is 21.9. The van der Waals surface area contributed by atoms with Gasteiger partial charge >= 0.3 is 0 Å². The van der Waals surface area contributed by atoms with Crippen molar-refractivity contribution >= 4 is 77.3 Å². The van der Waals surface area contributed by atoms with Gasteiger partial charge in [-0.3, -0.25) is 5.32 Å². The van der Waals surface area contributed by atoms with Crippen molar-refractivity contribution in [3.63, 3.8) is 0 Å². The molecular weight excluding hydrogens is 431 g/mol. The van der Waals surface area contributed by atoms with Crippen LogP contribution >= 0.6 is 73.1 Å². The number of nitrogens with one attached hydrogen (secondary N) is 1. The first-order chi connectivity index (χ1) is 11.8. The molecule has 0 saturated carbocycles. The standard InChI is InChI=1S/C16H15NS7/c18-15-16(14-9-5-2-6-10-14,20-22-24-23-21-19-15)17-12-11-13-7-3-1-4-8-13/h1-10,17H,11-12H2. The van der Waals surface area contributed by atoms with E-state index in [0.29, 0.717) is 0 Å². The van der Waals surface area contributed by atoms with Crippen molar-refractivity contribution in [2.45, 2.75) is 11.3 Å². The Hall–Kier alpha value is 0.590. The van der Waals surface area contributed by atoms with E-state index in [1.807, 2.05) is 10.8 Å². The van der Waals surface area contributed by atoms with Crippen LogP contribution in [-0.4, -0.2) is 10.7 Å². The smallest absolute Gasteiger partial charge is 0.144 e. The fourth-order valence-corrected chi connectivity index (χ4v) is 15.8. The van der Waals surface area contributed by atoms with Crippen molar-refractivity contribution < 1.29 is 0 Å². The molecule has 1 unspecified atom stereocenters. The Morgan fingerprint density at radius 1 is 0.833 bits per heavy atom. The summed E-state index contributed by atoms with van der Waals surface area (Å²) in [7, 11) is 10.6. The summed E-state index contributed by atoms with van der Waals surface area (Å²) in [6.07, 6.45) is 0.989. The van der Waals surface area contributed by atoms with Crippen molar-refractivity contribution in [1.29, 1.82) is 0 Å². The highest BCUT2D eigenvalue weighted by Gasteiger charge is 2.39. The van der Waals surface area contributed by atoms with Crippen LogP contribution in [0.5, 0.6) is 0 Å². The van der Waals surface area contributed by atoms with Crippen molar-refractivity contribution in [1.82, 2.24) is 5.32 Å². The lowest BCUT2D eigenvalue weighted by Gasteiger charge is -2.35. The topological polar surface area (TPSA) is 12.0 Å². The van der Waals surface area contributed by atoms with Crippen LogP contribution in [0.3, 0.4) is 0 Å². The van der Waals surface area contributed by atoms with Crippen LogP contribution in [0.4, 0.5) is 0 Å². The van der Waals surface area contributed by atoms with E-state index >= 15 is 0 Å². The zero-order chi connectivity index (χ0) is 16.7. The van der Waals surface area contributed by atoms with Crippen LogP contribution < -0.4 is 5.32 Å². The fraction of sp³-hybridized carbons (Fsp3) is 0.188. The third-order valence-electron chi connectivity index (χ3n) is 3.45. The molecular formula is C16H15NS7. The lowest BCUT2D eigenvalue weighted by atomic mass is 10.1. The van der Waals surface area contributed by atoms with Gasteiger partial charge in [-0.1, -0.05) is 72.9 Å². The Balaban J connectivity index is 1.80. The van der Waals surface area contributed by atoms with Crippen LogP contribution in [0, 0.1) is 0 Å². The summed E-state index contributed by atoms with van der Waals surface area (Å²) < 4.78 is 0.983. The van der Waals surface area contributed by atoms with Crippen molar-refractivity contribution in [3.8, 4) is 0 Å². The van der Waals surface area contributed by atoms with Gasteiger partial charge in [0.25, 0.3) is 0 Å². The predicted molar refractivity (Wildman–Crippen MR) is 124 cm³/mol. The molecule has 0 spiro atoms. The average Bonchev–Trinajstić information content (AvgIpc) is 2.63. The first-order valence-electron chi connectivity index (χ1n) is 7.22. The van der Waals surface area contributed by atoms with Crippen LogP contribution in [0.2, 0.25) is 0 Å². The predicted octanol–water partition coefficient (Wildman–Crippen LogP) is 6.99. The first-order valence-corrected chi connectivity index (χ1v) is 15.1. The molecule has 0 amide bonds. The summed E-state index contributed by atoms with van der Waals surface area (Å²) in [6, 6.07) is 21.1. The van der Waals surface area contributed by atoms with Gasteiger partial charge in [-0.2, -0.15) is 0 Å². The summed E-state index contributed by atoms with van der Waals surface area (Å²) in [5, 5.41) is 3.76. The maximum absolute atomic E-state index is 5.82. The maximum Gasteiger partial charge on any atom is 0.144 e. The van der Waals surface area contributed by atoms with Crippen LogP contribution in [0.25, 0.3) is 0 Å². The van der Waals surface area contributed by atoms with Crippen molar-refractivity contribution in [2.75, 3.05) is 6.54 Å². The highest BCUT2D eigenvalue weighted by Crippen LogP contribution is 2.62. The van der Waals surface area contributed by atoms with Gasteiger partial charge in [0.1, 0.15) is 4.87 Å². The van der Waals surface area contributed by atoms with Gasteiger partial charge in [0.05, 0.1) is 4.20 Å². The van der Waals surface area contributed by atoms with E-state index in [-0.39, 0.29) is 4.87 Å². The third-order valence-corrected chi connectivity index (χ3v) is 15.6. The molecule has 1 saturated heterocycles. The molecule has 1 aliphatic heterocycles. The van der Waals surface area contributed by atoms with Crippen molar-refractivity contribution in [2.24, 2.45) is 0 Å². The van der Waals surface area contributed by atoms with Gasteiger partial charge in [-0.25, -0.2) is 0 Å². The van der Waals surface area contributed by atoms with E-state index in [2.05, 4.69) is 66.0 Å². The second-order valence-corrected chi connectivity index (χ2v) is 15.0. The van der Waals surface area contributed by atoms with Gasteiger partial charge in [0, 0.05) is 6.54 Å². The molecule has 1 nitrogen and oxygen atoms in total. The lowest BCUT2D eigenvalue weighted by molar-refractivity contribution is 0.615.